The molecule has 1 aromatic carbocycles. The molecule has 132 valence electrons. The van der Waals surface area contributed by atoms with E-state index in [4.69, 9.17) is 16.3 Å². The first-order valence-corrected chi connectivity index (χ1v) is 7.74. The van der Waals surface area contributed by atoms with Crippen LogP contribution in [0, 0.1) is 0 Å². The van der Waals surface area contributed by atoms with Crippen molar-refractivity contribution in [3.63, 3.8) is 0 Å². The Morgan fingerprint density at radius 2 is 2.08 bits per heavy atom. The van der Waals surface area contributed by atoms with Crippen molar-refractivity contribution in [1.29, 1.82) is 0 Å². The number of ether oxygens (including phenoxy) is 1. The first-order chi connectivity index (χ1) is 11.1. The number of hydrogen-bond acceptors (Lipinski definition) is 3. The van der Waals surface area contributed by atoms with Crippen molar-refractivity contribution in [2.45, 2.75) is 6.54 Å². The van der Waals surface area contributed by atoms with Crippen LogP contribution in [0.4, 0.5) is 0 Å². The van der Waals surface area contributed by atoms with Crippen molar-refractivity contribution in [2.24, 2.45) is 12.0 Å². The van der Waals surface area contributed by atoms with Gasteiger partial charge in [0.05, 0.1) is 12.7 Å². The van der Waals surface area contributed by atoms with Crippen LogP contribution in [0.25, 0.3) is 0 Å². The number of nitrogens with one attached hydrogen (secondary N) is 1. The van der Waals surface area contributed by atoms with E-state index in [0.29, 0.717) is 18.2 Å². The van der Waals surface area contributed by atoms with Crippen LogP contribution in [-0.2, 0) is 13.6 Å². The van der Waals surface area contributed by atoms with E-state index in [1.54, 1.807) is 11.7 Å². The van der Waals surface area contributed by atoms with E-state index >= 15 is 0 Å². The van der Waals surface area contributed by atoms with Gasteiger partial charge >= 0.3 is 0 Å². The zero-order valence-corrected chi connectivity index (χ0v) is 17.2. The van der Waals surface area contributed by atoms with Gasteiger partial charge in [0.2, 0.25) is 0 Å². The Kier molecular flexibility index (Phi) is 8.91. The fraction of sp³-hybridized carbons (Fsp3) is 0.375. The molecule has 6 nitrogen and oxygen atoms in total. The van der Waals surface area contributed by atoms with Gasteiger partial charge in [-0.1, -0.05) is 11.6 Å². The minimum Gasteiger partial charge on any atom is -0.492 e. The lowest BCUT2D eigenvalue weighted by Gasteiger charge is -2.22. The normalized spacial score (nSPS) is 10.9. The van der Waals surface area contributed by atoms with Gasteiger partial charge in [0.25, 0.3) is 0 Å². The molecule has 0 fully saturated rings. The summed E-state index contributed by atoms with van der Waals surface area (Å²) in [5, 5.41) is 8.16. The third kappa shape index (κ3) is 6.56. The molecule has 24 heavy (non-hydrogen) atoms. The highest BCUT2D eigenvalue weighted by Gasteiger charge is 2.06. The summed E-state index contributed by atoms with van der Waals surface area (Å²) in [6.45, 7) is 1.96. The zero-order chi connectivity index (χ0) is 16.7. The van der Waals surface area contributed by atoms with Crippen LogP contribution in [0.2, 0.25) is 5.02 Å². The number of aryl methyl sites for hydroxylation is 1. The number of likely N-dealkylation sites (N-methyl/N-ethyl adjacent to an activating group) is 1. The molecule has 8 heteroatoms. The molecule has 0 aliphatic rings. The van der Waals surface area contributed by atoms with Gasteiger partial charge in [0.15, 0.2) is 5.96 Å². The van der Waals surface area contributed by atoms with Crippen LogP contribution < -0.4 is 10.1 Å². The molecule has 0 bridgehead atoms. The molecular weight excluding hydrogens is 441 g/mol. The number of aromatic nitrogens is 2. The van der Waals surface area contributed by atoms with Crippen molar-refractivity contribution in [3.8, 4) is 5.75 Å². The Bertz CT molecular complexity index is 644. The predicted octanol–water partition coefficient (Wildman–Crippen LogP) is 2.78. The minimum absolute atomic E-state index is 0. The number of nitrogens with zero attached hydrogens (tertiary/aromatic N) is 4. The second kappa shape index (κ2) is 10.4. The summed E-state index contributed by atoms with van der Waals surface area (Å²) in [5.74, 6) is 1.62. The molecule has 1 N–H and O–H groups in total. The van der Waals surface area contributed by atoms with Crippen molar-refractivity contribution < 1.29 is 4.74 Å². The van der Waals surface area contributed by atoms with E-state index in [0.717, 1.165) is 23.8 Å². The molecule has 0 unspecified atom stereocenters. The molecule has 2 rings (SSSR count). The topological polar surface area (TPSA) is 54.7 Å². The van der Waals surface area contributed by atoms with Crippen molar-refractivity contribution in [2.75, 3.05) is 27.2 Å². The molecule has 0 spiro atoms. The molecule has 1 aromatic heterocycles. The van der Waals surface area contributed by atoms with Crippen LogP contribution in [0.3, 0.4) is 0 Å². The first-order valence-electron chi connectivity index (χ1n) is 7.36. The average Bonchev–Trinajstić information content (AvgIpc) is 2.95. The van der Waals surface area contributed by atoms with E-state index in [2.05, 4.69) is 15.4 Å². The summed E-state index contributed by atoms with van der Waals surface area (Å²) in [6, 6.07) is 7.35. The lowest BCUT2D eigenvalue weighted by atomic mass is 10.3. The summed E-state index contributed by atoms with van der Waals surface area (Å²) in [6.07, 6.45) is 3.81. The summed E-state index contributed by atoms with van der Waals surface area (Å²) in [4.78, 5) is 6.30. The highest BCUT2D eigenvalue weighted by molar-refractivity contribution is 14.0. The van der Waals surface area contributed by atoms with Gasteiger partial charge in [0, 0.05) is 44.5 Å². The lowest BCUT2D eigenvalue weighted by molar-refractivity contribution is 0.281. The highest BCUT2D eigenvalue weighted by atomic mass is 127. The standard InChI is InChI=1S/C16H22ClN5O.HI/c1-18-16(19-10-13-11-20-22(3)12-13)21(2)8-9-23-15-6-4-14(17)5-7-15;/h4-7,11-12H,8-10H2,1-3H3,(H,18,19);1H. The summed E-state index contributed by atoms with van der Waals surface area (Å²) < 4.78 is 7.48. The third-order valence-electron chi connectivity index (χ3n) is 3.29. The fourth-order valence-electron chi connectivity index (χ4n) is 2.07. The second-order valence-electron chi connectivity index (χ2n) is 5.15. The van der Waals surface area contributed by atoms with Crippen molar-refractivity contribution >= 4 is 41.5 Å². The Morgan fingerprint density at radius 1 is 1.38 bits per heavy atom. The van der Waals surface area contributed by atoms with Crippen molar-refractivity contribution in [3.05, 3.63) is 47.2 Å². The maximum atomic E-state index is 5.85. The van der Waals surface area contributed by atoms with Gasteiger partial charge in [-0.15, -0.1) is 24.0 Å². The third-order valence-corrected chi connectivity index (χ3v) is 3.54. The lowest BCUT2D eigenvalue weighted by Crippen LogP contribution is -2.40. The Labute approximate surface area is 164 Å². The predicted molar refractivity (Wildman–Crippen MR) is 108 cm³/mol. The Morgan fingerprint density at radius 3 is 2.67 bits per heavy atom. The zero-order valence-electron chi connectivity index (χ0n) is 14.1. The number of benzene rings is 1. The monoisotopic (exact) mass is 463 g/mol. The maximum Gasteiger partial charge on any atom is 0.193 e. The van der Waals surface area contributed by atoms with Crippen LogP contribution >= 0.6 is 35.6 Å². The summed E-state index contributed by atoms with van der Waals surface area (Å²) in [7, 11) is 5.64. The molecular formula is C16H23ClIN5O. The molecule has 0 atom stereocenters. The molecule has 0 aliphatic carbocycles. The molecule has 0 saturated heterocycles. The summed E-state index contributed by atoms with van der Waals surface area (Å²) >= 11 is 5.85. The molecule has 0 amide bonds. The molecule has 1 heterocycles. The van der Waals surface area contributed by atoms with E-state index in [1.807, 2.05) is 55.7 Å². The smallest absolute Gasteiger partial charge is 0.193 e. The highest BCUT2D eigenvalue weighted by Crippen LogP contribution is 2.15. The van der Waals surface area contributed by atoms with Gasteiger partial charge in [-0.2, -0.15) is 5.10 Å². The number of halogens is 2. The van der Waals surface area contributed by atoms with E-state index < -0.39 is 0 Å². The Hall–Kier alpha value is -1.48. The van der Waals surface area contributed by atoms with Gasteiger partial charge in [-0.25, -0.2) is 0 Å². The molecule has 2 aromatic rings. The summed E-state index contributed by atoms with van der Waals surface area (Å²) in [5.41, 5.74) is 1.11. The van der Waals surface area contributed by atoms with Crippen LogP contribution in [0.5, 0.6) is 5.75 Å². The van der Waals surface area contributed by atoms with Gasteiger partial charge in [-0.3, -0.25) is 9.67 Å². The van der Waals surface area contributed by atoms with Gasteiger partial charge < -0.3 is 15.0 Å². The largest absolute Gasteiger partial charge is 0.492 e. The molecule has 0 radical (unpaired) electrons. The number of guanidine groups is 1. The van der Waals surface area contributed by atoms with E-state index in [9.17, 15) is 0 Å². The number of hydrogen-bond donors (Lipinski definition) is 1. The maximum absolute atomic E-state index is 5.85. The van der Waals surface area contributed by atoms with Crippen molar-refractivity contribution in [1.82, 2.24) is 20.0 Å². The van der Waals surface area contributed by atoms with Crippen LogP contribution in [-0.4, -0.2) is 47.9 Å². The van der Waals surface area contributed by atoms with Gasteiger partial charge in [0.1, 0.15) is 12.4 Å². The van der Waals surface area contributed by atoms with Crippen LogP contribution in [0.15, 0.2) is 41.7 Å². The Balaban J connectivity index is 0.00000288. The van der Waals surface area contributed by atoms with Gasteiger partial charge in [-0.05, 0) is 24.3 Å². The van der Waals surface area contributed by atoms with Crippen LogP contribution in [0.1, 0.15) is 5.56 Å². The average molecular weight is 464 g/mol. The fourth-order valence-corrected chi connectivity index (χ4v) is 2.19. The second-order valence-corrected chi connectivity index (χ2v) is 5.58. The van der Waals surface area contributed by atoms with E-state index in [1.165, 1.54) is 0 Å². The minimum atomic E-state index is 0. The first kappa shape index (κ1) is 20.6. The molecule has 0 saturated carbocycles. The SMILES string of the molecule is CN=C(NCc1cnn(C)c1)N(C)CCOc1ccc(Cl)cc1.I. The number of aliphatic imine (C=N–C) groups is 1. The molecule has 0 aliphatic heterocycles. The number of rotatable bonds is 6. The quantitative estimate of drug-likeness (QED) is 0.407. The van der Waals surface area contributed by atoms with E-state index in [-0.39, 0.29) is 24.0 Å².